The first kappa shape index (κ1) is 31.4. The van der Waals surface area contributed by atoms with Gasteiger partial charge in [0, 0.05) is 55.1 Å². The minimum Gasteiger partial charge on any atom is -0.456 e. The van der Waals surface area contributed by atoms with E-state index in [2.05, 4.69) is 191 Å². The standard InChI is InChI=1S/C54H32N2O2/c1-2-10-33(11-3-1)34-18-22-37(23-19-34)55-46-15-7-4-12-39(46)44-30-35(20-27-48(44)55)36-21-28-49-45(31-36)40-13-5-8-16-47(40)56(49)38-24-25-43-52(32-38)57-51-29-26-42-41-14-6-9-17-50(41)58-54(42)53(43)51/h1-32H. The molecule has 0 saturated carbocycles. The SMILES string of the molecule is c1ccc(-c2ccc(-n3c4ccccc4c4cc(-c5ccc6c(c5)c5ccccc5n6-c5ccc6c(c5)oc5ccc7c8ccccc8oc7c56)ccc43)cc2)cc1. The zero-order chi connectivity index (χ0) is 37.9. The van der Waals surface area contributed by atoms with E-state index in [9.17, 15) is 0 Å². The Balaban J connectivity index is 0.938. The van der Waals surface area contributed by atoms with Gasteiger partial charge in [0.05, 0.1) is 27.5 Å². The maximum atomic E-state index is 6.54. The number of hydrogen-bond donors (Lipinski definition) is 0. The molecule has 0 spiro atoms. The van der Waals surface area contributed by atoms with E-state index in [0.29, 0.717) is 0 Å². The van der Waals surface area contributed by atoms with Crippen LogP contribution in [0.2, 0.25) is 0 Å². The summed E-state index contributed by atoms with van der Waals surface area (Å²) < 4.78 is 17.7. The molecule has 0 radical (unpaired) electrons. The molecule has 0 aliphatic carbocycles. The number of nitrogens with zero attached hydrogens (tertiary/aromatic N) is 2. The first-order valence-corrected chi connectivity index (χ1v) is 19.7. The molecule has 13 aromatic rings. The van der Waals surface area contributed by atoms with E-state index in [1.165, 1.54) is 54.8 Å². The average molecular weight is 741 g/mol. The van der Waals surface area contributed by atoms with Crippen LogP contribution >= 0.6 is 0 Å². The Morgan fingerprint density at radius 3 is 1.52 bits per heavy atom. The molecule has 0 bridgehead atoms. The van der Waals surface area contributed by atoms with Crippen LogP contribution in [0, 0.1) is 0 Å². The van der Waals surface area contributed by atoms with E-state index in [1.54, 1.807) is 0 Å². The van der Waals surface area contributed by atoms with Gasteiger partial charge in [0.25, 0.3) is 0 Å². The molecule has 0 unspecified atom stereocenters. The first-order chi connectivity index (χ1) is 28.7. The van der Waals surface area contributed by atoms with Crippen molar-refractivity contribution in [3.63, 3.8) is 0 Å². The molecule has 4 heterocycles. The second kappa shape index (κ2) is 11.8. The van der Waals surface area contributed by atoms with Crippen molar-refractivity contribution in [2.75, 3.05) is 0 Å². The van der Waals surface area contributed by atoms with Crippen LogP contribution in [-0.4, -0.2) is 9.13 Å². The Labute approximate surface area is 332 Å². The van der Waals surface area contributed by atoms with E-state index in [0.717, 1.165) is 66.3 Å². The molecule has 0 N–H and O–H groups in total. The van der Waals surface area contributed by atoms with Crippen LogP contribution in [0.1, 0.15) is 0 Å². The number of benzene rings is 9. The first-order valence-electron chi connectivity index (χ1n) is 19.7. The lowest BCUT2D eigenvalue weighted by Gasteiger charge is -2.10. The molecular formula is C54H32N2O2. The molecule has 0 amide bonds. The molecule has 58 heavy (non-hydrogen) atoms. The van der Waals surface area contributed by atoms with E-state index >= 15 is 0 Å². The van der Waals surface area contributed by atoms with Gasteiger partial charge in [0.15, 0.2) is 0 Å². The summed E-state index contributed by atoms with van der Waals surface area (Å²) in [5, 5.41) is 9.19. The van der Waals surface area contributed by atoms with Crippen molar-refractivity contribution in [3.8, 4) is 33.6 Å². The van der Waals surface area contributed by atoms with Gasteiger partial charge in [-0.3, -0.25) is 0 Å². The molecular weight excluding hydrogens is 709 g/mol. The summed E-state index contributed by atoms with van der Waals surface area (Å²) in [6.07, 6.45) is 0. The van der Waals surface area contributed by atoms with Crippen molar-refractivity contribution in [2.24, 2.45) is 0 Å². The van der Waals surface area contributed by atoms with E-state index in [4.69, 9.17) is 8.83 Å². The third-order valence-electron chi connectivity index (χ3n) is 12.1. The Morgan fingerprint density at radius 1 is 0.276 bits per heavy atom. The topological polar surface area (TPSA) is 36.1 Å². The minimum atomic E-state index is 0.826. The smallest absolute Gasteiger partial charge is 0.147 e. The predicted molar refractivity (Wildman–Crippen MR) is 241 cm³/mol. The molecule has 0 saturated heterocycles. The number of hydrogen-bond acceptors (Lipinski definition) is 2. The largest absolute Gasteiger partial charge is 0.456 e. The lowest BCUT2D eigenvalue weighted by Crippen LogP contribution is -1.94. The molecule has 13 rings (SSSR count). The number of furan rings is 2. The molecule has 270 valence electrons. The van der Waals surface area contributed by atoms with Crippen molar-refractivity contribution in [2.45, 2.75) is 0 Å². The number of aromatic nitrogens is 2. The van der Waals surface area contributed by atoms with Crippen LogP contribution in [0.25, 0.3) is 121 Å². The van der Waals surface area contributed by atoms with Crippen LogP contribution in [0.15, 0.2) is 203 Å². The van der Waals surface area contributed by atoms with Gasteiger partial charge in [0.2, 0.25) is 0 Å². The maximum absolute atomic E-state index is 6.54. The molecule has 4 aromatic heterocycles. The fourth-order valence-corrected chi connectivity index (χ4v) is 9.47. The van der Waals surface area contributed by atoms with Crippen LogP contribution < -0.4 is 0 Å². The number of fused-ring (bicyclic) bond motifs is 13. The van der Waals surface area contributed by atoms with E-state index in [-0.39, 0.29) is 0 Å². The van der Waals surface area contributed by atoms with Gasteiger partial charge >= 0.3 is 0 Å². The maximum Gasteiger partial charge on any atom is 0.147 e. The summed E-state index contributed by atoms with van der Waals surface area (Å²) in [6, 6.07) is 69.7. The molecule has 4 heteroatoms. The molecule has 4 nitrogen and oxygen atoms in total. The third-order valence-corrected chi connectivity index (χ3v) is 12.1. The monoisotopic (exact) mass is 740 g/mol. The molecule has 0 aliphatic heterocycles. The zero-order valence-corrected chi connectivity index (χ0v) is 31.2. The second-order valence-corrected chi connectivity index (χ2v) is 15.3. The summed E-state index contributed by atoms with van der Waals surface area (Å²) in [6.45, 7) is 0. The highest BCUT2D eigenvalue weighted by Gasteiger charge is 2.19. The van der Waals surface area contributed by atoms with E-state index in [1.807, 2.05) is 12.1 Å². The Hall–Kier alpha value is -7.82. The van der Waals surface area contributed by atoms with Gasteiger partial charge in [-0.15, -0.1) is 0 Å². The highest BCUT2D eigenvalue weighted by Crippen LogP contribution is 2.42. The highest BCUT2D eigenvalue weighted by molar-refractivity contribution is 6.22. The van der Waals surface area contributed by atoms with E-state index < -0.39 is 0 Å². The molecule has 0 atom stereocenters. The highest BCUT2D eigenvalue weighted by atomic mass is 16.3. The van der Waals surface area contributed by atoms with Crippen molar-refractivity contribution < 1.29 is 8.83 Å². The Morgan fingerprint density at radius 2 is 0.810 bits per heavy atom. The molecule has 0 fully saturated rings. The summed E-state index contributed by atoms with van der Waals surface area (Å²) in [5.41, 5.74) is 15.1. The van der Waals surface area contributed by atoms with Crippen molar-refractivity contribution in [1.29, 1.82) is 0 Å². The van der Waals surface area contributed by atoms with Gasteiger partial charge in [-0.25, -0.2) is 0 Å². The third kappa shape index (κ3) is 4.45. The van der Waals surface area contributed by atoms with Crippen LogP contribution in [0.4, 0.5) is 0 Å². The fraction of sp³-hybridized carbons (Fsp3) is 0. The average Bonchev–Trinajstić information content (AvgIpc) is 4.03. The normalized spacial score (nSPS) is 12.1. The van der Waals surface area contributed by atoms with Crippen molar-refractivity contribution in [3.05, 3.63) is 194 Å². The summed E-state index contributed by atoms with van der Waals surface area (Å²) in [4.78, 5) is 0. The van der Waals surface area contributed by atoms with Crippen molar-refractivity contribution in [1.82, 2.24) is 9.13 Å². The van der Waals surface area contributed by atoms with Crippen molar-refractivity contribution >= 4 is 87.5 Å². The lowest BCUT2D eigenvalue weighted by molar-refractivity contribution is 0.662. The molecule has 0 aliphatic rings. The summed E-state index contributed by atoms with van der Waals surface area (Å²) >= 11 is 0. The second-order valence-electron chi connectivity index (χ2n) is 15.3. The Kier molecular flexibility index (Phi) is 6.41. The zero-order valence-electron chi connectivity index (χ0n) is 31.2. The van der Waals surface area contributed by atoms with Crippen LogP contribution in [0.3, 0.4) is 0 Å². The fourth-order valence-electron chi connectivity index (χ4n) is 9.47. The van der Waals surface area contributed by atoms with Gasteiger partial charge in [0.1, 0.15) is 22.3 Å². The van der Waals surface area contributed by atoms with Gasteiger partial charge in [-0.05, 0) is 101 Å². The van der Waals surface area contributed by atoms with Crippen LogP contribution in [0.5, 0.6) is 0 Å². The summed E-state index contributed by atoms with van der Waals surface area (Å²) in [5.74, 6) is 0. The Bertz CT molecular complexity index is 3780. The van der Waals surface area contributed by atoms with Gasteiger partial charge < -0.3 is 18.0 Å². The summed E-state index contributed by atoms with van der Waals surface area (Å²) in [7, 11) is 0. The lowest BCUT2D eigenvalue weighted by atomic mass is 10.0. The number of para-hydroxylation sites is 3. The number of rotatable bonds is 4. The molecule has 9 aromatic carbocycles. The minimum absolute atomic E-state index is 0.826. The van der Waals surface area contributed by atoms with Gasteiger partial charge in [-0.1, -0.05) is 109 Å². The predicted octanol–water partition coefficient (Wildman–Crippen LogP) is 15.0. The van der Waals surface area contributed by atoms with Gasteiger partial charge in [-0.2, -0.15) is 0 Å². The quantitative estimate of drug-likeness (QED) is 0.180. The van der Waals surface area contributed by atoms with Crippen LogP contribution in [-0.2, 0) is 0 Å².